The highest BCUT2D eigenvalue weighted by Crippen LogP contribution is 2.18. The Balaban J connectivity index is 2.46. The fourth-order valence-corrected chi connectivity index (χ4v) is 1.57. The zero-order chi connectivity index (χ0) is 14.6. The second-order valence-electron chi connectivity index (χ2n) is 3.97. The Morgan fingerprint density at radius 1 is 1.05 bits per heavy atom. The average Bonchev–Trinajstić information content (AvgIpc) is 2.49. The van der Waals surface area contributed by atoms with Crippen molar-refractivity contribution in [1.29, 1.82) is 0 Å². The molecule has 0 aromatic heterocycles. The van der Waals surface area contributed by atoms with Crippen LogP contribution >= 0.6 is 0 Å². The van der Waals surface area contributed by atoms with Crippen LogP contribution < -0.4 is 0 Å². The third kappa shape index (κ3) is 6.54. The van der Waals surface area contributed by atoms with Gasteiger partial charge in [-0.15, -0.1) is 0 Å². The van der Waals surface area contributed by atoms with E-state index in [1.807, 2.05) is 44.2 Å². The summed E-state index contributed by atoms with van der Waals surface area (Å²) >= 11 is 0. The number of hydrogen-bond acceptors (Lipinski definition) is 5. The topological polar surface area (TPSA) is 54.0 Å². The first-order valence-corrected chi connectivity index (χ1v) is 6.81. The van der Waals surface area contributed by atoms with Crippen molar-refractivity contribution in [3.05, 3.63) is 35.9 Å². The lowest BCUT2D eigenvalue weighted by Gasteiger charge is -2.17. The van der Waals surface area contributed by atoms with Gasteiger partial charge in [0.15, 0.2) is 6.10 Å². The fourth-order valence-electron chi connectivity index (χ4n) is 1.57. The highest BCUT2D eigenvalue weighted by Gasteiger charge is 2.17. The minimum atomic E-state index is -0.710. The van der Waals surface area contributed by atoms with Crippen LogP contribution in [0.15, 0.2) is 30.3 Å². The summed E-state index contributed by atoms with van der Waals surface area (Å²) in [6, 6.07) is 9.45. The Bertz CT molecular complexity index is 366. The molecule has 0 amide bonds. The van der Waals surface area contributed by atoms with Crippen molar-refractivity contribution in [2.75, 3.05) is 33.0 Å². The molecule has 1 aromatic rings. The van der Waals surface area contributed by atoms with E-state index in [0.717, 1.165) is 5.56 Å². The van der Waals surface area contributed by atoms with Crippen molar-refractivity contribution in [1.82, 2.24) is 0 Å². The maximum atomic E-state index is 11.6. The molecule has 1 unspecified atom stereocenters. The number of hydrogen-bond donors (Lipinski definition) is 0. The molecule has 0 spiro atoms. The van der Waals surface area contributed by atoms with Crippen molar-refractivity contribution in [3.63, 3.8) is 0 Å². The van der Waals surface area contributed by atoms with Crippen LogP contribution in [-0.2, 0) is 18.9 Å². The Labute approximate surface area is 119 Å². The fraction of sp³-hybridized carbons (Fsp3) is 0.533. The lowest BCUT2D eigenvalue weighted by molar-refractivity contribution is -0.0231. The van der Waals surface area contributed by atoms with Crippen molar-refractivity contribution in [2.45, 2.75) is 20.0 Å². The van der Waals surface area contributed by atoms with Gasteiger partial charge in [0.1, 0.15) is 6.61 Å². The van der Waals surface area contributed by atoms with Crippen LogP contribution in [0.4, 0.5) is 4.79 Å². The van der Waals surface area contributed by atoms with E-state index in [4.69, 9.17) is 18.9 Å². The zero-order valence-electron chi connectivity index (χ0n) is 12.0. The summed E-state index contributed by atoms with van der Waals surface area (Å²) in [5.74, 6) is 0. The van der Waals surface area contributed by atoms with Crippen LogP contribution in [0.2, 0.25) is 0 Å². The van der Waals surface area contributed by atoms with Gasteiger partial charge in [0, 0.05) is 13.2 Å². The minimum Gasteiger partial charge on any atom is -0.432 e. The summed E-state index contributed by atoms with van der Waals surface area (Å²) in [6.45, 7) is 5.78. The molecule has 0 bridgehead atoms. The van der Waals surface area contributed by atoms with Gasteiger partial charge < -0.3 is 18.9 Å². The molecule has 0 N–H and O–H groups in total. The number of rotatable bonds is 9. The van der Waals surface area contributed by atoms with Gasteiger partial charge in [-0.25, -0.2) is 4.79 Å². The van der Waals surface area contributed by atoms with E-state index in [1.54, 1.807) is 0 Å². The van der Waals surface area contributed by atoms with Crippen LogP contribution in [0.3, 0.4) is 0 Å². The normalized spacial score (nSPS) is 11.9. The van der Waals surface area contributed by atoms with Crippen LogP contribution in [0.25, 0.3) is 0 Å². The summed E-state index contributed by atoms with van der Waals surface area (Å²) in [5.41, 5.74) is 0.878. The van der Waals surface area contributed by atoms with Gasteiger partial charge in [0.2, 0.25) is 0 Å². The molecule has 1 aromatic carbocycles. The number of benzene rings is 1. The molecule has 0 saturated heterocycles. The molecular weight excluding hydrogens is 260 g/mol. The molecule has 0 heterocycles. The van der Waals surface area contributed by atoms with Crippen LogP contribution in [0.1, 0.15) is 25.5 Å². The smallest absolute Gasteiger partial charge is 0.432 e. The minimum absolute atomic E-state index is 0.183. The van der Waals surface area contributed by atoms with E-state index >= 15 is 0 Å². The van der Waals surface area contributed by atoms with Gasteiger partial charge in [0.25, 0.3) is 0 Å². The summed E-state index contributed by atoms with van der Waals surface area (Å²) < 4.78 is 20.6. The summed E-state index contributed by atoms with van der Waals surface area (Å²) in [5, 5.41) is 0. The van der Waals surface area contributed by atoms with Gasteiger partial charge in [-0.05, 0) is 19.4 Å². The predicted octanol–water partition coefficient (Wildman–Crippen LogP) is 2.95. The van der Waals surface area contributed by atoms with Crippen molar-refractivity contribution < 1.29 is 23.7 Å². The lowest BCUT2D eigenvalue weighted by atomic mass is 10.1. The first-order valence-electron chi connectivity index (χ1n) is 6.81. The van der Waals surface area contributed by atoms with Gasteiger partial charge in [-0.2, -0.15) is 0 Å². The van der Waals surface area contributed by atoms with Gasteiger partial charge in [0.05, 0.1) is 13.2 Å². The summed E-state index contributed by atoms with van der Waals surface area (Å²) in [6.07, 6.45) is -1.17. The predicted molar refractivity (Wildman–Crippen MR) is 74.6 cm³/mol. The third-order valence-electron chi connectivity index (χ3n) is 2.53. The van der Waals surface area contributed by atoms with Crippen LogP contribution in [-0.4, -0.2) is 39.2 Å². The molecule has 0 aliphatic rings. The number of carbonyl (C=O) groups is 1. The van der Waals surface area contributed by atoms with Crippen LogP contribution in [0, 0.1) is 0 Å². The van der Waals surface area contributed by atoms with E-state index in [0.29, 0.717) is 26.4 Å². The molecule has 0 fully saturated rings. The molecule has 112 valence electrons. The molecule has 5 heteroatoms. The van der Waals surface area contributed by atoms with Crippen molar-refractivity contribution in [3.8, 4) is 0 Å². The van der Waals surface area contributed by atoms with E-state index in [9.17, 15) is 4.79 Å². The third-order valence-corrected chi connectivity index (χ3v) is 2.53. The monoisotopic (exact) mass is 282 g/mol. The molecular formula is C15H22O5. The molecule has 1 rings (SSSR count). The Morgan fingerprint density at radius 3 is 2.40 bits per heavy atom. The molecule has 1 atom stereocenters. The second kappa shape index (κ2) is 10.2. The Hall–Kier alpha value is -1.59. The average molecular weight is 282 g/mol. The number of carbonyl (C=O) groups excluding carboxylic acids is 1. The zero-order valence-corrected chi connectivity index (χ0v) is 12.0. The first kappa shape index (κ1) is 16.5. The van der Waals surface area contributed by atoms with E-state index in [2.05, 4.69) is 0 Å². The van der Waals surface area contributed by atoms with E-state index in [-0.39, 0.29) is 6.61 Å². The summed E-state index contributed by atoms with van der Waals surface area (Å²) in [7, 11) is 0. The largest absolute Gasteiger partial charge is 0.509 e. The molecule has 5 nitrogen and oxygen atoms in total. The maximum absolute atomic E-state index is 11.6. The lowest BCUT2D eigenvalue weighted by Crippen LogP contribution is -2.19. The SMILES string of the molecule is CCOCCOC(=O)OC(COCC)c1ccccc1. The molecule has 0 aliphatic heterocycles. The Kier molecular flexibility index (Phi) is 8.42. The maximum Gasteiger partial charge on any atom is 0.509 e. The molecule has 0 aliphatic carbocycles. The first-order chi connectivity index (χ1) is 9.77. The van der Waals surface area contributed by atoms with Crippen molar-refractivity contribution >= 4 is 6.16 Å². The van der Waals surface area contributed by atoms with Gasteiger partial charge >= 0.3 is 6.16 Å². The standard InChI is InChI=1S/C15H22O5/c1-3-17-10-11-19-15(16)20-14(12-18-4-2)13-8-6-5-7-9-13/h5-9,14H,3-4,10-12H2,1-2H3. The highest BCUT2D eigenvalue weighted by molar-refractivity contribution is 5.60. The molecule has 0 radical (unpaired) electrons. The summed E-state index contributed by atoms with van der Waals surface area (Å²) in [4.78, 5) is 11.6. The highest BCUT2D eigenvalue weighted by atomic mass is 16.7. The number of ether oxygens (including phenoxy) is 4. The quantitative estimate of drug-likeness (QED) is 0.515. The van der Waals surface area contributed by atoms with Crippen molar-refractivity contribution in [2.24, 2.45) is 0 Å². The molecule has 20 heavy (non-hydrogen) atoms. The van der Waals surface area contributed by atoms with Gasteiger partial charge in [-0.3, -0.25) is 0 Å². The second-order valence-corrected chi connectivity index (χ2v) is 3.97. The van der Waals surface area contributed by atoms with Gasteiger partial charge in [-0.1, -0.05) is 30.3 Å². The van der Waals surface area contributed by atoms with E-state index in [1.165, 1.54) is 0 Å². The van der Waals surface area contributed by atoms with E-state index < -0.39 is 12.3 Å². The Morgan fingerprint density at radius 2 is 1.75 bits per heavy atom. The molecule has 0 saturated carbocycles. The van der Waals surface area contributed by atoms with Crippen LogP contribution in [0.5, 0.6) is 0 Å².